The molecule has 228 valence electrons. The normalized spacial score (nSPS) is 20.5. The maximum absolute atomic E-state index is 13.4. The first-order valence-electron chi connectivity index (χ1n) is 15.9. The number of piperazine rings is 1. The second kappa shape index (κ2) is 13.2. The van der Waals surface area contributed by atoms with Crippen LogP contribution in [-0.2, 0) is 11.3 Å². The van der Waals surface area contributed by atoms with Crippen molar-refractivity contribution in [3.63, 3.8) is 0 Å². The van der Waals surface area contributed by atoms with E-state index in [4.69, 9.17) is 11.0 Å². The number of likely N-dealkylation sites (N-methyl/N-ethyl adjacent to an activating group) is 1. The number of hydrogen-bond acceptors (Lipinski definition) is 6. The minimum Gasteiger partial charge on any atom is -0.367 e. The average Bonchev–Trinajstić information content (AvgIpc) is 3.90. The minimum absolute atomic E-state index is 0.179. The highest BCUT2D eigenvalue weighted by Crippen LogP contribution is 2.36. The first-order valence-corrected chi connectivity index (χ1v) is 15.9. The maximum Gasteiger partial charge on any atom is 0.255 e. The SMILES string of the molecule is CN1CCN(c2ccc(-c3cccc(CN(C(=O)C4CC4)C4CCC(N)CC4)c3)cc2NC(=O)c2ccc(C#N)cc2)CC1. The Balaban J connectivity index is 1.27. The van der Waals surface area contributed by atoms with Crippen molar-refractivity contribution in [2.24, 2.45) is 11.7 Å². The van der Waals surface area contributed by atoms with Crippen LogP contribution in [0.1, 0.15) is 60.0 Å². The quantitative estimate of drug-likeness (QED) is 0.372. The van der Waals surface area contributed by atoms with Crippen LogP contribution in [0.4, 0.5) is 11.4 Å². The van der Waals surface area contributed by atoms with Crippen molar-refractivity contribution < 1.29 is 9.59 Å². The lowest BCUT2D eigenvalue weighted by Crippen LogP contribution is -2.44. The van der Waals surface area contributed by atoms with Crippen LogP contribution in [0.15, 0.2) is 66.7 Å². The summed E-state index contributed by atoms with van der Waals surface area (Å²) in [6, 6.07) is 24.0. The molecule has 0 atom stereocenters. The molecule has 0 radical (unpaired) electrons. The van der Waals surface area contributed by atoms with E-state index < -0.39 is 0 Å². The third-order valence-corrected chi connectivity index (χ3v) is 9.37. The fourth-order valence-electron chi connectivity index (χ4n) is 6.44. The van der Waals surface area contributed by atoms with Gasteiger partial charge in [-0.2, -0.15) is 5.26 Å². The summed E-state index contributed by atoms with van der Waals surface area (Å²) >= 11 is 0. The van der Waals surface area contributed by atoms with Crippen molar-refractivity contribution in [3.05, 3.63) is 83.4 Å². The van der Waals surface area contributed by atoms with E-state index in [0.29, 0.717) is 23.6 Å². The van der Waals surface area contributed by atoms with E-state index in [2.05, 4.69) is 75.6 Å². The van der Waals surface area contributed by atoms with Crippen molar-refractivity contribution >= 4 is 23.2 Å². The molecule has 2 saturated carbocycles. The van der Waals surface area contributed by atoms with Crippen LogP contribution in [0.3, 0.4) is 0 Å². The highest BCUT2D eigenvalue weighted by Gasteiger charge is 2.37. The largest absolute Gasteiger partial charge is 0.367 e. The number of benzene rings is 3. The summed E-state index contributed by atoms with van der Waals surface area (Å²) in [5.41, 5.74) is 12.1. The number of rotatable bonds is 8. The molecular formula is C36H42N6O2. The highest BCUT2D eigenvalue weighted by atomic mass is 16.2. The zero-order valence-corrected chi connectivity index (χ0v) is 25.5. The Hall–Kier alpha value is -4.19. The van der Waals surface area contributed by atoms with E-state index in [1.165, 1.54) is 0 Å². The molecule has 1 heterocycles. The average molecular weight is 591 g/mol. The number of nitrogens with one attached hydrogen (secondary N) is 1. The lowest BCUT2D eigenvalue weighted by Gasteiger charge is -2.36. The predicted octanol–water partition coefficient (Wildman–Crippen LogP) is 5.24. The molecule has 0 spiro atoms. The summed E-state index contributed by atoms with van der Waals surface area (Å²) < 4.78 is 0. The Labute approximate surface area is 260 Å². The molecule has 3 N–H and O–H groups in total. The van der Waals surface area contributed by atoms with E-state index in [9.17, 15) is 9.59 Å². The summed E-state index contributed by atoms with van der Waals surface area (Å²) in [6.07, 6.45) is 5.87. The molecule has 0 aromatic heterocycles. The van der Waals surface area contributed by atoms with Gasteiger partial charge < -0.3 is 25.8 Å². The third-order valence-electron chi connectivity index (χ3n) is 9.37. The molecule has 8 nitrogen and oxygen atoms in total. The van der Waals surface area contributed by atoms with Gasteiger partial charge in [-0.15, -0.1) is 0 Å². The van der Waals surface area contributed by atoms with Crippen molar-refractivity contribution in [1.82, 2.24) is 9.80 Å². The third kappa shape index (κ3) is 6.96. The fourth-order valence-corrected chi connectivity index (χ4v) is 6.44. The second-order valence-corrected chi connectivity index (χ2v) is 12.7. The van der Waals surface area contributed by atoms with Gasteiger partial charge in [0.1, 0.15) is 0 Å². The van der Waals surface area contributed by atoms with E-state index in [1.54, 1.807) is 24.3 Å². The Morgan fingerprint density at radius 3 is 2.30 bits per heavy atom. The maximum atomic E-state index is 13.4. The summed E-state index contributed by atoms with van der Waals surface area (Å²) in [6.45, 7) is 4.26. The van der Waals surface area contributed by atoms with Gasteiger partial charge in [-0.3, -0.25) is 9.59 Å². The van der Waals surface area contributed by atoms with Crippen molar-refractivity contribution in [3.8, 4) is 17.2 Å². The van der Waals surface area contributed by atoms with Crippen LogP contribution in [-0.4, -0.2) is 66.9 Å². The molecule has 3 aromatic carbocycles. The van der Waals surface area contributed by atoms with E-state index in [1.807, 2.05) is 0 Å². The Kier molecular flexibility index (Phi) is 8.96. The Morgan fingerprint density at radius 1 is 0.909 bits per heavy atom. The van der Waals surface area contributed by atoms with Gasteiger partial charge in [0.2, 0.25) is 5.91 Å². The Bertz CT molecular complexity index is 1530. The number of anilines is 2. The number of amides is 2. The minimum atomic E-state index is -0.211. The van der Waals surface area contributed by atoms with Crippen LogP contribution in [0.2, 0.25) is 0 Å². The second-order valence-electron chi connectivity index (χ2n) is 12.7. The number of carbonyl (C=O) groups is 2. The van der Waals surface area contributed by atoms with Gasteiger partial charge in [-0.1, -0.05) is 24.3 Å². The molecule has 44 heavy (non-hydrogen) atoms. The molecule has 1 aliphatic heterocycles. The Morgan fingerprint density at radius 2 is 1.61 bits per heavy atom. The van der Waals surface area contributed by atoms with Crippen molar-refractivity contribution in [2.45, 2.75) is 57.2 Å². The van der Waals surface area contributed by atoms with Gasteiger partial charge in [-0.05, 0) is 105 Å². The first kappa shape index (κ1) is 29.9. The molecule has 3 fully saturated rings. The first-order chi connectivity index (χ1) is 21.4. The number of nitrogens with zero attached hydrogens (tertiary/aromatic N) is 4. The number of nitrogens with two attached hydrogens (primary N) is 1. The lowest BCUT2D eigenvalue weighted by atomic mass is 9.90. The van der Waals surface area contributed by atoms with Crippen LogP contribution in [0.25, 0.3) is 11.1 Å². The van der Waals surface area contributed by atoms with E-state index in [-0.39, 0.29) is 23.9 Å². The lowest BCUT2D eigenvalue weighted by molar-refractivity contribution is -0.136. The van der Waals surface area contributed by atoms with Crippen LogP contribution in [0, 0.1) is 17.2 Å². The number of carbonyl (C=O) groups excluding carboxylic acids is 2. The van der Waals surface area contributed by atoms with Crippen LogP contribution >= 0.6 is 0 Å². The molecule has 1 saturated heterocycles. The summed E-state index contributed by atoms with van der Waals surface area (Å²) in [4.78, 5) is 33.5. The summed E-state index contributed by atoms with van der Waals surface area (Å²) in [5.74, 6) is 0.260. The molecular weight excluding hydrogens is 548 g/mol. The molecule has 3 aromatic rings. The molecule has 8 heteroatoms. The van der Waals surface area contributed by atoms with Gasteiger partial charge in [0.25, 0.3) is 5.91 Å². The van der Waals surface area contributed by atoms with Gasteiger partial charge in [0, 0.05) is 56.3 Å². The standard InChI is InChI=1S/C36H42N6O2/c1-40-17-19-41(20-18-40)34-16-11-30(22-33(34)39-35(43)27-7-5-25(23-37)6-8-27)29-4-2-3-26(21-29)24-42(36(44)28-9-10-28)32-14-12-31(38)13-15-32/h2-8,11,16,21-22,28,31-32H,9-10,12-15,17-20,24,38H2,1H3,(H,39,43). The zero-order valence-electron chi connectivity index (χ0n) is 25.5. The van der Waals surface area contributed by atoms with Crippen LogP contribution < -0.4 is 16.0 Å². The molecule has 3 aliphatic rings. The number of hydrogen-bond donors (Lipinski definition) is 2. The molecule has 6 rings (SSSR count). The van der Waals surface area contributed by atoms with Crippen molar-refractivity contribution in [2.75, 3.05) is 43.4 Å². The summed E-state index contributed by atoms with van der Waals surface area (Å²) in [7, 11) is 2.13. The van der Waals surface area contributed by atoms with Gasteiger partial charge in [0.05, 0.1) is 23.0 Å². The van der Waals surface area contributed by atoms with E-state index in [0.717, 1.165) is 92.8 Å². The van der Waals surface area contributed by atoms with Gasteiger partial charge in [0.15, 0.2) is 0 Å². The fraction of sp³-hybridized carbons (Fsp3) is 0.417. The van der Waals surface area contributed by atoms with Gasteiger partial charge in [-0.25, -0.2) is 0 Å². The molecule has 2 amide bonds. The molecule has 0 bridgehead atoms. The molecule has 0 unspecified atom stereocenters. The smallest absolute Gasteiger partial charge is 0.255 e. The molecule has 2 aliphatic carbocycles. The summed E-state index contributed by atoms with van der Waals surface area (Å²) in [5, 5.41) is 12.3. The van der Waals surface area contributed by atoms with E-state index >= 15 is 0 Å². The predicted molar refractivity (Wildman–Crippen MR) is 174 cm³/mol. The van der Waals surface area contributed by atoms with Gasteiger partial charge >= 0.3 is 0 Å². The number of nitriles is 1. The zero-order chi connectivity index (χ0) is 30.6. The highest BCUT2D eigenvalue weighted by molar-refractivity contribution is 6.06. The topological polar surface area (TPSA) is 106 Å². The van der Waals surface area contributed by atoms with Crippen molar-refractivity contribution in [1.29, 1.82) is 5.26 Å². The van der Waals surface area contributed by atoms with Crippen LogP contribution in [0.5, 0.6) is 0 Å². The monoisotopic (exact) mass is 590 g/mol.